The number of ketones is 1. The third kappa shape index (κ3) is 6.42. The number of benzene rings is 2. The number of nitrogens with zero attached hydrogens (tertiary/aromatic N) is 1. The highest BCUT2D eigenvalue weighted by Crippen LogP contribution is 2.24. The molecular formula is C23H21F4NO3. The molecule has 0 atom stereocenters. The molecule has 1 fully saturated rings. The van der Waals surface area contributed by atoms with Gasteiger partial charge in [0, 0.05) is 24.2 Å². The van der Waals surface area contributed by atoms with Crippen molar-refractivity contribution in [3.8, 4) is 11.5 Å². The molecule has 0 amide bonds. The summed E-state index contributed by atoms with van der Waals surface area (Å²) in [7, 11) is 0. The predicted molar refractivity (Wildman–Crippen MR) is 109 cm³/mol. The topological polar surface area (TPSA) is 38.8 Å². The van der Waals surface area contributed by atoms with Crippen LogP contribution < -0.4 is 9.47 Å². The first-order valence-corrected chi connectivity index (χ1v) is 9.62. The number of piperidine rings is 1. The molecule has 8 heteroatoms. The van der Waals surface area contributed by atoms with E-state index in [2.05, 4.69) is 14.4 Å². The fourth-order valence-corrected chi connectivity index (χ4v) is 3.23. The molecule has 0 spiro atoms. The minimum atomic E-state index is -2.90. The van der Waals surface area contributed by atoms with Crippen LogP contribution in [-0.2, 0) is 4.79 Å². The Morgan fingerprint density at radius 2 is 1.19 bits per heavy atom. The molecule has 0 aliphatic carbocycles. The van der Waals surface area contributed by atoms with Gasteiger partial charge in [0.15, 0.2) is 5.78 Å². The van der Waals surface area contributed by atoms with E-state index < -0.39 is 13.2 Å². The van der Waals surface area contributed by atoms with E-state index >= 15 is 0 Å². The fraction of sp³-hybridized carbons (Fsp3) is 0.261. The zero-order valence-electron chi connectivity index (χ0n) is 16.7. The number of halogens is 4. The highest BCUT2D eigenvalue weighted by Gasteiger charge is 2.25. The van der Waals surface area contributed by atoms with Gasteiger partial charge in [0.05, 0.1) is 0 Å². The molecule has 0 N–H and O–H groups in total. The lowest BCUT2D eigenvalue weighted by atomic mass is 9.94. The minimum Gasteiger partial charge on any atom is -0.435 e. The van der Waals surface area contributed by atoms with Crippen LogP contribution in [0.4, 0.5) is 17.6 Å². The Kier molecular flexibility index (Phi) is 7.46. The first-order chi connectivity index (χ1) is 14.8. The Morgan fingerprint density at radius 1 is 0.806 bits per heavy atom. The van der Waals surface area contributed by atoms with Crippen LogP contribution in [0.15, 0.2) is 59.7 Å². The van der Waals surface area contributed by atoms with Crippen LogP contribution in [0.25, 0.3) is 12.2 Å². The average molecular weight is 435 g/mol. The van der Waals surface area contributed by atoms with Crippen LogP contribution >= 0.6 is 0 Å². The van der Waals surface area contributed by atoms with Crippen molar-refractivity contribution in [2.45, 2.75) is 20.1 Å². The fourth-order valence-electron chi connectivity index (χ4n) is 3.23. The van der Waals surface area contributed by atoms with E-state index in [4.69, 9.17) is 0 Å². The van der Waals surface area contributed by atoms with Gasteiger partial charge in [0.25, 0.3) is 0 Å². The Balaban J connectivity index is 1.82. The maximum absolute atomic E-state index is 13.0. The van der Waals surface area contributed by atoms with E-state index in [0.29, 0.717) is 35.4 Å². The van der Waals surface area contributed by atoms with Crippen molar-refractivity contribution in [1.29, 1.82) is 0 Å². The van der Waals surface area contributed by atoms with E-state index in [9.17, 15) is 22.4 Å². The number of carbonyl (C=O) groups excluding carboxylic acids is 1. The second-order valence-corrected chi connectivity index (χ2v) is 6.87. The number of alkyl halides is 4. The SMILES string of the molecule is CCN1C/C(=C/c2ccc(OC(F)F)cc2)C(=O)/C(=C/c2ccc(OC(F)F)cc2)C1. The lowest BCUT2D eigenvalue weighted by Crippen LogP contribution is -2.37. The molecule has 0 saturated carbocycles. The maximum Gasteiger partial charge on any atom is 0.387 e. The van der Waals surface area contributed by atoms with Crippen molar-refractivity contribution in [1.82, 2.24) is 4.90 Å². The summed E-state index contributed by atoms with van der Waals surface area (Å²) in [6.45, 7) is -2.16. The Hall–Kier alpha value is -3.13. The summed E-state index contributed by atoms with van der Waals surface area (Å²) in [4.78, 5) is 15.1. The van der Waals surface area contributed by atoms with Gasteiger partial charge in [-0.15, -0.1) is 0 Å². The van der Waals surface area contributed by atoms with E-state index in [-0.39, 0.29) is 17.3 Å². The summed E-state index contributed by atoms with van der Waals surface area (Å²) in [5.74, 6) is -0.0326. The summed E-state index contributed by atoms with van der Waals surface area (Å²) in [5.41, 5.74) is 2.52. The highest BCUT2D eigenvalue weighted by molar-refractivity contribution is 6.14. The Morgan fingerprint density at radius 3 is 1.52 bits per heavy atom. The Labute approximate surface area is 177 Å². The van der Waals surface area contributed by atoms with Crippen LogP contribution in [0.2, 0.25) is 0 Å². The van der Waals surface area contributed by atoms with E-state index in [1.54, 1.807) is 36.4 Å². The van der Waals surface area contributed by atoms with Gasteiger partial charge in [-0.25, -0.2) is 0 Å². The van der Waals surface area contributed by atoms with Gasteiger partial charge in [-0.1, -0.05) is 31.2 Å². The molecule has 0 radical (unpaired) electrons. The first kappa shape index (κ1) is 22.6. The van der Waals surface area contributed by atoms with Crippen LogP contribution in [-0.4, -0.2) is 43.5 Å². The molecule has 164 valence electrons. The van der Waals surface area contributed by atoms with E-state index in [0.717, 1.165) is 6.54 Å². The normalized spacial score (nSPS) is 17.7. The summed E-state index contributed by atoms with van der Waals surface area (Å²) in [6.07, 6.45) is 3.45. The van der Waals surface area contributed by atoms with Crippen LogP contribution in [0.5, 0.6) is 11.5 Å². The smallest absolute Gasteiger partial charge is 0.387 e. The molecule has 0 aromatic heterocycles. The standard InChI is InChI=1S/C23H21F4NO3/c1-2-28-13-17(11-15-3-7-19(8-4-15)30-22(24)25)21(29)18(14-28)12-16-5-9-20(10-6-16)31-23(26)27/h3-12,22-23H,2,13-14H2,1H3/b17-11-,18-12+. The molecule has 4 nitrogen and oxygen atoms in total. The first-order valence-electron chi connectivity index (χ1n) is 9.62. The lowest BCUT2D eigenvalue weighted by molar-refractivity contribution is -0.113. The second kappa shape index (κ2) is 10.3. The molecule has 0 bridgehead atoms. The molecule has 1 saturated heterocycles. The van der Waals surface area contributed by atoms with Crippen LogP contribution in [0.1, 0.15) is 18.1 Å². The molecule has 2 aromatic carbocycles. The summed E-state index contributed by atoms with van der Waals surface area (Å²) in [6, 6.07) is 12.1. The quantitative estimate of drug-likeness (QED) is 0.439. The number of carbonyl (C=O) groups is 1. The molecule has 0 unspecified atom stereocenters. The van der Waals surface area contributed by atoms with Crippen molar-refractivity contribution in [3.63, 3.8) is 0 Å². The number of likely N-dealkylation sites (tertiary alicyclic amines) is 1. The zero-order chi connectivity index (χ0) is 22.4. The lowest BCUT2D eigenvalue weighted by Gasteiger charge is -2.28. The highest BCUT2D eigenvalue weighted by atomic mass is 19.3. The van der Waals surface area contributed by atoms with Crippen molar-refractivity contribution in [2.24, 2.45) is 0 Å². The molecule has 3 rings (SSSR count). The van der Waals surface area contributed by atoms with Crippen molar-refractivity contribution in [2.75, 3.05) is 19.6 Å². The predicted octanol–water partition coefficient (Wildman–Crippen LogP) is 5.26. The molecule has 1 aliphatic rings. The van der Waals surface area contributed by atoms with Gasteiger partial charge < -0.3 is 9.47 Å². The summed E-state index contributed by atoms with van der Waals surface area (Å²) < 4.78 is 57.9. The van der Waals surface area contributed by atoms with Gasteiger partial charge in [-0.3, -0.25) is 9.69 Å². The third-order valence-corrected chi connectivity index (χ3v) is 4.71. The van der Waals surface area contributed by atoms with E-state index in [1.165, 1.54) is 24.3 Å². The molecular weight excluding hydrogens is 414 g/mol. The average Bonchev–Trinajstić information content (AvgIpc) is 2.73. The van der Waals surface area contributed by atoms with E-state index in [1.807, 2.05) is 6.92 Å². The number of Topliss-reactive ketones (excluding diaryl/α,β-unsaturated/α-hetero) is 1. The number of ether oxygens (including phenoxy) is 2. The number of rotatable bonds is 7. The van der Waals surface area contributed by atoms with Gasteiger partial charge in [0.1, 0.15) is 11.5 Å². The molecule has 31 heavy (non-hydrogen) atoms. The Bertz CT molecular complexity index is 878. The largest absolute Gasteiger partial charge is 0.435 e. The second-order valence-electron chi connectivity index (χ2n) is 6.87. The zero-order valence-corrected chi connectivity index (χ0v) is 16.7. The van der Waals surface area contributed by atoms with Gasteiger partial charge >= 0.3 is 13.2 Å². The molecule has 1 aliphatic heterocycles. The van der Waals surface area contributed by atoms with Gasteiger partial charge in [0.2, 0.25) is 0 Å². The van der Waals surface area contributed by atoms with Crippen LogP contribution in [0, 0.1) is 0 Å². The minimum absolute atomic E-state index is 0.0437. The summed E-state index contributed by atoms with van der Waals surface area (Å²) in [5, 5.41) is 0. The van der Waals surface area contributed by atoms with Gasteiger partial charge in [-0.05, 0) is 54.1 Å². The van der Waals surface area contributed by atoms with Gasteiger partial charge in [-0.2, -0.15) is 17.6 Å². The molecule has 2 aromatic rings. The summed E-state index contributed by atoms with van der Waals surface area (Å²) >= 11 is 0. The molecule has 1 heterocycles. The third-order valence-electron chi connectivity index (χ3n) is 4.71. The number of hydrogen-bond acceptors (Lipinski definition) is 4. The monoisotopic (exact) mass is 435 g/mol. The van der Waals surface area contributed by atoms with Crippen molar-refractivity contribution in [3.05, 3.63) is 70.8 Å². The van der Waals surface area contributed by atoms with Crippen LogP contribution in [0.3, 0.4) is 0 Å². The van der Waals surface area contributed by atoms with Crippen molar-refractivity contribution >= 4 is 17.9 Å². The maximum atomic E-state index is 13.0. The number of hydrogen-bond donors (Lipinski definition) is 0. The van der Waals surface area contributed by atoms with Crippen molar-refractivity contribution < 1.29 is 31.8 Å². The number of likely N-dealkylation sites (N-methyl/N-ethyl adjacent to an activating group) is 1.